The van der Waals surface area contributed by atoms with Gasteiger partial charge in [0.2, 0.25) is 0 Å². The van der Waals surface area contributed by atoms with Crippen molar-refractivity contribution in [2.75, 3.05) is 0 Å². The van der Waals surface area contributed by atoms with Gasteiger partial charge in [-0.3, -0.25) is 0 Å². The van der Waals surface area contributed by atoms with Crippen LogP contribution in [-0.2, 0) is 4.74 Å². The van der Waals surface area contributed by atoms with Crippen LogP contribution in [0.3, 0.4) is 0 Å². The van der Waals surface area contributed by atoms with Gasteiger partial charge in [0.05, 0.1) is 9.43 Å². The molecule has 1 atom stereocenters. The molecule has 0 fully saturated rings. The highest BCUT2D eigenvalue weighted by molar-refractivity contribution is 9.28. The zero-order valence-electron chi connectivity index (χ0n) is 11.0. The number of halogens is 2. The van der Waals surface area contributed by atoms with Crippen LogP contribution >= 0.6 is 31.9 Å². The van der Waals surface area contributed by atoms with Gasteiger partial charge in [0.1, 0.15) is 5.60 Å². The third kappa shape index (κ3) is 10.8. The Morgan fingerprint density at radius 2 is 1.88 bits per heavy atom. The highest BCUT2D eigenvalue weighted by Crippen LogP contribution is 2.17. The van der Waals surface area contributed by atoms with Crippen molar-refractivity contribution in [2.45, 2.75) is 52.7 Å². The van der Waals surface area contributed by atoms with Crippen molar-refractivity contribution in [2.24, 2.45) is 5.92 Å². The van der Waals surface area contributed by atoms with Crippen molar-refractivity contribution in [3.8, 4) is 0 Å². The molecule has 1 amide bonds. The lowest BCUT2D eigenvalue weighted by Crippen LogP contribution is -2.38. The first kappa shape index (κ1) is 17.0. The second-order valence-corrected chi connectivity index (χ2v) is 8.11. The zero-order chi connectivity index (χ0) is 13.6. The van der Waals surface area contributed by atoms with Gasteiger partial charge in [-0.2, -0.15) is 0 Å². The molecular formula is C12H21Br2NO2. The van der Waals surface area contributed by atoms with Crippen LogP contribution in [0.5, 0.6) is 0 Å². The molecule has 0 heterocycles. The molecule has 0 aliphatic carbocycles. The van der Waals surface area contributed by atoms with Gasteiger partial charge in [-0.05, 0) is 71.0 Å². The minimum atomic E-state index is -0.470. The number of hydrogen-bond acceptors (Lipinski definition) is 2. The fraction of sp³-hybridized carbons (Fsp3) is 0.750. The maximum Gasteiger partial charge on any atom is 0.408 e. The molecule has 0 aromatic heterocycles. The lowest BCUT2D eigenvalue weighted by Gasteiger charge is -2.23. The largest absolute Gasteiger partial charge is 0.444 e. The highest BCUT2D eigenvalue weighted by atomic mass is 79.9. The molecule has 17 heavy (non-hydrogen) atoms. The molecule has 5 heteroatoms. The molecule has 0 rings (SSSR count). The van der Waals surface area contributed by atoms with Crippen LogP contribution < -0.4 is 5.32 Å². The summed E-state index contributed by atoms with van der Waals surface area (Å²) in [6.45, 7) is 9.76. The maximum absolute atomic E-state index is 11.6. The van der Waals surface area contributed by atoms with Crippen LogP contribution in [0.4, 0.5) is 4.79 Å². The fourth-order valence-electron chi connectivity index (χ4n) is 1.29. The first-order valence-electron chi connectivity index (χ1n) is 5.62. The van der Waals surface area contributed by atoms with Gasteiger partial charge >= 0.3 is 6.09 Å². The topological polar surface area (TPSA) is 38.3 Å². The summed E-state index contributed by atoms with van der Waals surface area (Å²) in [5.74, 6) is 0.491. The van der Waals surface area contributed by atoms with Crippen LogP contribution in [0.1, 0.15) is 41.0 Å². The molecule has 1 N–H and O–H groups in total. The van der Waals surface area contributed by atoms with E-state index in [2.05, 4.69) is 51.0 Å². The molecule has 0 aliphatic rings. The number of nitrogens with one attached hydrogen (secondary N) is 1. The van der Waals surface area contributed by atoms with E-state index in [1.807, 2.05) is 26.8 Å². The Labute approximate surface area is 121 Å². The molecule has 0 aromatic rings. The van der Waals surface area contributed by atoms with E-state index in [-0.39, 0.29) is 12.1 Å². The SMILES string of the molecule is CC(C)CC(C=C(Br)Br)NC(=O)OC(C)(C)C. The summed E-state index contributed by atoms with van der Waals surface area (Å²) in [6.07, 6.45) is 2.38. The summed E-state index contributed by atoms with van der Waals surface area (Å²) in [5, 5.41) is 2.84. The van der Waals surface area contributed by atoms with Crippen LogP contribution in [0.2, 0.25) is 0 Å². The van der Waals surface area contributed by atoms with E-state index in [1.165, 1.54) is 0 Å². The molecule has 3 nitrogen and oxygen atoms in total. The Morgan fingerprint density at radius 3 is 2.24 bits per heavy atom. The Balaban J connectivity index is 4.43. The van der Waals surface area contributed by atoms with E-state index in [0.717, 1.165) is 9.81 Å². The van der Waals surface area contributed by atoms with Crippen molar-refractivity contribution in [1.29, 1.82) is 0 Å². The van der Waals surface area contributed by atoms with Gasteiger partial charge in [-0.1, -0.05) is 13.8 Å². The minimum absolute atomic E-state index is 0.0430. The quantitative estimate of drug-likeness (QED) is 0.787. The molecule has 0 aromatic carbocycles. The van der Waals surface area contributed by atoms with Crippen molar-refractivity contribution in [3.05, 3.63) is 9.47 Å². The molecule has 100 valence electrons. The van der Waals surface area contributed by atoms with Gasteiger partial charge in [-0.25, -0.2) is 4.79 Å². The predicted molar refractivity (Wildman–Crippen MR) is 78.5 cm³/mol. The van der Waals surface area contributed by atoms with Crippen molar-refractivity contribution < 1.29 is 9.53 Å². The Kier molecular flexibility index (Phi) is 7.40. The molecule has 0 aliphatic heterocycles. The molecule has 1 unspecified atom stereocenters. The molecule has 0 spiro atoms. The second kappa shape index (κ2) is 7.41. The van der Waals surface area contributed by atoms with Gasteiger partial charge < -0.3 is 10.1 Å². The van der Waals surface area contributed by atoms with E-state index in [9.17, 15) is 4.79 Å². The maximum atomic E-state index is 11.6. The van der Waals surface area contributed by atoms with E-state index < -0.39 is 5.60 Å². The fourth-order valence-corrected chi connectivity index (χ4v) is 1.93. The standard InChI is InChI=1S/C12H21Br2NO2/c1-8(2)6-9(7-10(13)14)15-11(16)17-12(3,4)5/h7-9H,6H2,1-5H3,(H,15,16). The lowest BCUT2D eigenvalue weighted by molar-refractivity contribution is 0.0510. The number of carbonyl (C=O) groups excluding carboxylic acids is 1. The average Bonchev–Trinajstić information content (AvgIpc) is 1.95. The monoisotopic (exact) mass is 369 g/mol. The smallest absolute Gasteiger partial charge is 0.408 e. The molecular weight excluding hydrogens is 350 g/mol. The first-order chi connectivity index (χ1) is 7.60. The van der Waals surface area contributed by atoms with E-state index in [0.29, 0.717) is 5.92 Å². The number of hydrogen-bond donors (Lipinski definition) is 1. The van der Waals surface area contributed by atoms with Crippen LogP contribution in [-0.4, -0.2) is 17.7 Å². The van der Waals surface area contributed by atoms with Crippen LogP contribution in [0, 0.1) is 5.92 Å². The van der Waals surface area contributed by atoms with Crippen LogP contribution in [0.25, 0.3) is 0 Å². The van der Waals surface area contributed by atoms with Gasteiger partial charge in [0, 0.05) is 0 Å². The molecule has 0 bridgehead atoms. The number of amides is 1. The molecule has 0 saturated carbocycles. The van der Waals surface area contributed by atoms with E-state index in [1.54, 1.807) is 0 Å². The van der Waals surface area contributed by atoms with Crippen molar-refractivity contribution in [1.82, 2.24) is 5.32 Å². The third-order valence-electron chi connectivity index (χ3n) is 1.75. The number of alkyl carbamates (subject to hydrolysis) is 1. The summed E-state index contributed by atoms with van der Waals surface area (Å²) < 4.78 is 6.05. The highest BCUT2D eigenvalue weighted by Gasteiger charge is 2.19. The second-order valence-electron chi connectivity index (χ2n) is 5.34. The number of ether oxygens (including phenoxy) is 1. The van der Waals surface area contributed by atoms with Crippen molar-refractivity contribution >= 4 is 38.0 Å². The van der Waals surface area contributed by atoms with Gasteiger partial charge in [0.15, 0.2) is 0 Å². The predicted octanol–water partition coefficient (Wildman–Crippen LogP) is 4.56. The Hall–Kier alpha value is -0.0300. The Bertz CT molecular complexity index is 279. The number of carbonyl (C=O) groups is 1. The zero-order valence-corrected chi connectivity index (χ0v) is 14.2. The summed E-state index contributed by atoms with van der Waals surface area (Å²) >= 11 is 6.60. The minimum Gasteiger partial charge on any atom is -0.444 e. The number of rotatable bonds is 4. The molecule has 0 saturated heterocycles. The van der Waals surface area contributed by atoms with Gasteiger partial charge in [0.25, 0.3) is 0 Å². The third-order valence-corrected chi connectivity index (χ3v) is 2.28. The summed E-state index contributed by atoms with van der Waals surface area (Å²) in [6, 6.07) is -0.0430. The van der Waals surface area contributed by atoms with Crippen LogP contribution in [0.15, 0.2) is 9.47 Å². The van der Waals surface area contributed by atoms with E-state index >= 15 is 0 Å². The van der Waals surface area contributed by atoms with Gasteiger partial charge in [-0.15, -0.1) is 0 Å². The van der Waals surface area contributed by atoms with Crippen molar-refractivity contribution in [3.63, 3.8) is 0 Å². The summed E-state index contributed by atoms with van der Waals surface area (Å²) in [5.41, 5.74) is -0.470. The first-order valence-corrected chi connectivity index (χ1v) is 7.21. The Morgan fingerprint density at radius 1 is 1.35 bits per heavy atom. The summed E-state index contributed by atoms with van der Waals surface area (Å²) in [7, 11) is 0. The average molecular weight is 371 g/mol. The normalized spacial score (nSPS) is 13.2. The lowest BCUT2D eigenvalue weighted by atomic mass is 10.0. The molecule has 0 radical (unpaired) electrons. The van der Waals surface area contributed by atoms with E-state index in [4.69, 9.17) is 4.74 Å². The summed E-state index contributed by atoms with van der Waals surface area (Å²) in [4.78, 5) is 11.6.